The van der Waals surface area contributed by atoms with Crippen molar-refractivity contribution < 1.29 is 23.5 Å². The third-order valence-electron chi connectivity index (χ3n) is 4.18. The Balaban J connectivity index is 1.64. The average molecular weight is 367 g/mol. The number of ether oxygens (including phenoxy) is 2. The lowest BCUT2D eigenvalue weighted by Crippen LogP contribution is -2.31. The molecule has 1 N–H and O–H groups in total. The number of amides is 1. The van der Waals surface area contributed by atoms with Gasteiger partial charge >= 0.3 is 5.97 Å². The number of carbonyl (C=O) groups is 2. The van der Waals surface area contributed by atoms with E-state index in [1.807, 2.05) is 55.5 Å². The molecule has 1 amide bonds. The van der Waals surface area contributed by atoms with Gasteiger partial charge in [-0.1, -0.05) is 48.5 Å². The van der Waals surface area contributed by atoms with Crippen molar-refractivity contribution in [1.82, 2.24) is 5.32 Å². The number of furan rings is 1. The number of carbonyl (C=O) groups excluding carboxylic acids is 2. The number of methoxy groups -OCH3 is 1. The lowest BCUT2D eigenvalue weighted by atomic mass is 10.1. The minimum absolute atomic E-state index is 0.0574. The van der Waals surface area contributed by atoms with Gasteiger partial charge in [-0.05, 0) is 18.6 Å². The van der Waals surface area contributed by atoms with Crippen molar-refractivity contribution >= 4 is 22.8 Å². The highest BCUT2D eigenvalue weighted by Crippen LogP contribution is 2.27. The molecule has 3 rings (SSSR count). The van der Waals surface area contributed by atoms with Gasteiger partial charge in [-0.15, -0.1) is 0 Å². The minimum Gasteiger partial charge on any atom is -0.450 e. The quantitative estimate of drug-likeness (QED) is 0.646. The van der Waals surface area contributed by atoms with Gasteiger partial charge in [0.05, 0.1) is 12.6 Å². The molecule has 0 saturated carbocycles. The summed E-state index contributed by atoms with van der Waals surface area (Å²) in [5.74, 6) is -1.02. The molecule has 0 bridgehead atoms. The Morgan fingerprint density at radius 1 is 1.07 bits per heavy atom. The molecule has 6 nitrogen and oxygen atoms in total. The Kier molecular flexibility index (Phi) is 5.88. The van der Waals surface area contributed by atoms with Crippen LogP contribution in [0.1, 0.15) is 34.6 Å². The number of esters is 1. The van der Waals surface area contributed by atoms with Gasteiger partial charge in [0.25, 0.3) is 5.91 Å². The van der Waals surface area contributed by atoms with E-state index in [0.717, 1.165) is 10.9 Å². The van der Waals surface area contributed by atoms with Gasteiger partial charge < -0.3 is 19.2 Å². The maximum atomic E-state index is 12.4. The summed E-state index contributed by atoms with van der Waals surface area (Å²) in [7, 11) is 1.54. The summed E-state index contributed by atoms with van der Waals surface area (Å²) in [5, 5.41) is 3.58. The Labute approximate surface area is 157 Å². The van der Waals surface area contributed by atoms with Crippen LogP contribution in [0.3, 0.4) is 0 Å². The molecule has 1 atom stereocenters. The van der Waals surface area contributed by atoms with Crippen LogP contribution in [0.5, 0.6) is 0 Å². The molecule has 6 heteroatoms. The summed E-state index contributed by atoms with van der Waals surface area (Å²) in [6.07, 6.45) is 0. The largest absolute Gasteiger partial charge is 0.450 e. The van der Waals surface area contributed by atoms with Crippen molar-refractivity contribution in [2.45, 2.75) is 19.6 Å². The van der Waals surface area contributed by atoms with Gasteiger partial charge in [0.2, 0.25) is 5.76 Å². The van der Waals surface area contributed by atoms with Crippen LogP contribution in [0.15, 0.2) is 59.0 Å². The summed E-state index contributed by atoms with van der Waals surface area (Å²) >= 11 is 0. The fourth-order valence-electron chi connectivity index (χ4n) is 2.86. The maximum absolute atomic E-state index is 12.4. The first-order valence-electron chi connectivity index (χ1n) is 8.61. The number of fused-ring (bicyclic) bond motifs is 1. The molecule has 0 saturated heterocycles. The minimum atomic E-state index is -0.694. The summed E-state index contributed by atoms with van der Waals surface area (Å²) in [6.45, 7) is 1.68. The molecule has 0 radical (unpaired) electrons. The van der Waals surface area contributed by atoms with E-state index in [1.54, 1.807) is 6.07 Å². The highest BCUT2D eigenvalue weighted by atomic mass is 16.5. The van der Waals surface area contributed by atoms with Gasteiger partial charge in [0, 0.05) is 18.1 Å². The number of hydrogen-bond donors (Lipinski definition) is 1. The number of benzene rings is 2. The van der Waals surface area contributed by atoms with Gasteiger partial charge in [-0.3, -0.25) is 4.79 Å². The van der Waals surface area contributed by atoms with E-state index in [0.29, 0.717) is 11.1 Å². The zero-order chi connectivity index (χ0) is 19.2. The Morgan fingerprint density at radius 3 is 2.52 bits per heavy atom. The second-order valence-electron chi connectivity index (χ2n) is 6.11. The van der Waals surface area contributed by atoms with Crippen molar-refractivity contribution in [1.29, 1.82) is 0 Å². The molecule has 0 fully saturated rings. The lowest BCUT2D eigenvalue weighted by molar-refractivity contribution is -0.124. The molecular weight excluding hydrogens is 346 g/mol. The first-order chi connectivity index (χ1) is 13.1. The van der Waals surface area contributed by atoms with E-state index >= 15 is 0 Å². The van der Waals surface area contributed by atoms with Gasteiger partial charge in [-0.2, -0.15) is 0 Å². The Bertz CT molecular complexity index is 932. The second-order valence-corrected chi connectivity index (χ2v) is 6.11. The summed E-state index contributed by atoms with van der Waals surface area (Å²) < 4.78 is 15.9. The van der Waals surface area contributed by atoms with Crippen molar-refractivity contribution in [2.24, 2.45) is 0 Å². The molecule has 0 spiro atoms. The van der Waals surface area contributed by atoms with E-state index in [-0.39, 0.29) is 30.9 Å². The zero-order valence-corrected chi connectivity index (χ0v) is 15.2. The fraction of sp³-hybridized carbons (Fsp3) is 0.238. The first kappa shape index (κ1) is 18.7. The number of para-hydroxylation sites is 1. The van der Waals surface area contributed by atoms with E-state index in [1.165, 1.54) is 7.11 Å². The first-order valence-corrected chi connectivity index (χ1v) is 8.61. The Morgan fingerprint density at radius 2 is 1.78 bits per heavy atom. The Hall–Kier alpha value is -3.12. The van der Waals surface area contributed by atoms with E-state index in [2.05, 4.69) is 5.32 Å². The van der Waals surface area contributed by atoms with E-state index < -0.39 is 5.97 Å². The molecule has 0 aliphatic heterocycles. The predicted molar refractivity (Wildman–Crippen MR) is 100 cm³/mol. The van der Waals surface area contributed by atoms with E-state index in [9.17, 15) is 9.59 Å². The van der Waals surface area contributed by atoms with Crippen LogP contribution in [0.2, 0.25) is 0 Å². The van der Waals surface area contributed by atoms with Gasteiger partial charge in [-0.25, -0.2) is 4.79 Å². The lowest BCUT2D eigenvalue weighted by Gasteiger charge is -2.14. The van der Waals surface area contributed by atoms with Crippen LogP contribution in [0.4, 0.5) is 0 Å². The summed E-state index contributed by atoms with van der Waals surface area (Å²) in [6, 6.07) is 16.6. The molecule has 2 aromatic carbocycles. The molecular formula is C21H21NO5. The molecule has 0 aliphatic rings. The smallest absolute Gasteiger partial charge is 0.375 e. The van der Waals surface area contributed by atoms with Crippen LogP contribution < -0.4 is 5.32 Å². The highest BCUT2D eigenvalue weighted by Gasteiger charge is 2.22. The molecule has 27 heavy (non-hydrogen) atoms. The average Bonchev–Trinajstić information content (AvgIpc) is 3.06. The van der Waals surface area contributed by atoms with Crippen molar-refractivity contribution in [3.05, 3.63) is 71.5 Å². The van der Waals surface area contributed by atoms with Crippen molar-refractivity contribution in [3.63, 3.8) is 0 Å². The molecule has 1 heterocycles. The molecule has 0 aliphatic carbocycles. The van der Waals surface area contributed by atoms with Crippen LogP contribution in [-0.4, -0.2) is 25.6 Å². The number of nitrogens with one attached hydrogen (secondary N) is 1. The molecule has 1 aromatic heterocycles. The molecule has 0 unspecified atom stereocenters. The SMILES string of the molecule is COCc1c(C(=O)OCC(=O)N[C@@H](C)c2ccccc2)oc2ccccc12. The van der Waals surface area contributed by atoms with E-state index in [4.69, 9.17) is 13.9 Å². The molecule has 140 valence electrons. The predicted octanol–water partition coefficient (Wildman–Crippen LogP) is 3.61. The number of rotatable bonds is 7. The third kappa shape index (κ3) is 4.35. The topological polar surface area (TPSA) is 77.8 Å². The third-order valence-corrected chi connectivity index (χ3v) is 4.18. The van der Waals surface area contributed by atoms with Crippen LogP contribution in [-0.2, 0) is 20.9 Å². The normalized spacial score (nSPS) is 11.9. The maximum Gasteiger partial charge on any atom is 0.375 e. The second kappa shape index (κ2) is 8.51. The van der Waals surface area contributed by atoms with Crippen molar-refractivity contribution in [3.8, 4) is 0 Å². The standard InChI is InChI=1S/C21H21NO5/c1-14(15-8-4-3-5-9-15)22-19(23)13-26-21(24)20-17(12-25-2)16-10-6-7-11-18(16)27-20/h3-11,14H,12-13H2,1-2H3,(H,22,23)/t14-/m0/s1. The highest BCUT2D eigenvalue weighted by molar-refractivity contribution is 5.96. The van der Waals surface area contributed by atoms with Gasteiger partial charge in [0.1, 0.15) is 5.58 Å². The summed E-state index contributed by atoms with van der Waals surface area (Å²) in [4.78, 5) is 24.5. The fourth-order valence-corrected chi connectivity index (χ4v) is 2.86. The van der Waals surface area contributed by atoms with Crippen molar-refractivity contribution in [2.75, 3.05) is 13.7 Å². The van der Waals surface area contributed by atoms with Crippen LogP contribution >= 0.6 is 0 Å². The van der Waals surface area contributed by atoms with Gasteiger partial charge in [0.15, 0.2) is 6.61 Å². The zero-order valence-electron chi connectivity index (χ0n) is 15.2. The number of hydrogen-bond acceptors (Lipinski definition) is 5. The summed E-state index contributed by atoms with van der Waals surface area (Å²) in [5.41, 5.74) is 2.15. The monoisotopic (exact) mass is 367 g/mol. The van der Waals surface area contributed by atoms with Crippen LogP contribution in [0, 0.1) is 0 Å². The molecule has 3 aromatic rings. The van der Waals surface area contributed by atoms with Crippen LogP contribution in [0.25, 0.3) is 11.0 Å².